The molecule has 0 radical (unpaired) electrons. The lowest BCUT2D eigenvalue weighted by molar-refractivity contribution is 0.0700. The Kier molecular flexibility index (Phi) is 3.15. The summed E-state index contributed by atoms with van der Waals surface area (Å²) in [6, 6.07) is 7.90. The van der Waals surface area contributed by atoms with Crippen LogP contribution in [0.2, 0.25) is 0 Å². The molecule has 0 aliphatic rings. The fourth-order valence-corrected chi connectivity index (χ4v) is 1.50. The predicted octanol–water partition coefficient (Wildman–Crippen LogP) is 0.754. The van der Waals surface area contributed by atoms with Crippen LogP contribution in [-0.4, -0.2) is 26.1 Å². The van der Waals surface area contributed by atoms with Crippen molar-refractivity contribution in [3.8, 4) is 0 Å². The van der Waals surface area contributed by atoms with Crippen molar-refractivity contribution in [2.75, 3.05) is 0 Å². The molecule has 2 N–H and O–H groups in total. The molecule has 0 saturated heterocycles. The lowest BCUT2D eigenvalue weighted by Crippen LogP contribution is -2.18. The SMILES string of the molecule is Cc1ccccc1Cn1cc(C(=O)NO)nn1. The Labute approximate surface area is 97.8 Å². The zero-order chi connectivity index (χ0) is 12.3. The molecule has 1 amide bonds. The molecular weight excluding hydrogens is 220 g/mol. The van der Waals surface area contributed by atoms with Gasteiger partial charge in [0.2, 0.25) is 0 Å². The first kappa shape index (κ1) is 11.3. The van der Waals surface area contributed by atoms with Crippen molar-refractivity contribution in [2.24, 2.45) is 0 Å². The number of carbonyl (C=O) groups is 1. The molecule has 6 heteroatoms. The molecule has 0 atom stereocenters. The molecule has 2 rings (SSSR count). The summed E-state index contributed by atoms with van der Waals surface area (Å²) in [7, 11) is 0. The first-order valence-corrected chi connectivity index (χ1v) is 5.10. The summed E-state index contributed by atoms with van der Waals surface area (Å²) in [6.07, 6.45) is 1.48. The average molecular weight is 232 g/mol. The van der Waals surface area contributed by atoms with Crippen LogP contribution in [0.3, 0.4) is 0 Å². The van der Waals surface area contributed by atoms with Gasteiger partial charge in [-0.3, -0.25) is 10.0 Å². The van der Waals surface area contributed by atoms with E-state index in [2.05, 4.69) is 10.3 Å². The van der Waals surface area contributed by atoms with E-state index in [4.69, 9.17) is 5.21 Å². The van der Waals surface area contributed by atoms with Gasteiger partial charge in [-0.25, -0.2) is 10.2 Å². The maximum atomic E-state index is 11.1. The summed E-state index contributed by atoms with van der Waals surface area (Å²) >= 11 is 0. The number of hydrogen-bond acceptors (Lipinski definition) is 4. The highest BCUT2D eigenvalue weighted by molar-refractivity contribution is 5.90. The van der Waals surface area contributed by atoms with Crippen molar-refractivity contribution in [1.82, 2.24) is 20.5 Å². The quantitative estimate of drug-likeness (QED) is 0.604. The number of nitrogens with zero attached hydrogens (tertiary/aromatic N) is 3. The molecule has 0 aliphatic heterocycles. The van der Waals surface area contributed by atoms with Gasteiger partial charge >= 0.3 is 0 Å². The molecule has 0 unspecified atom stereocenters. The van der Waals surface area contributed by atoms with Crippen LogP contribution in [0.5, 0.6) is 0 Å². The second-order valence-electron chi connectivity index (χ2n) is 3.67. The fourth-order valence-electron chi connectivity index (χ4n) is 1.50. The molecule has 1 heterocycles. The molecule has 6 nitrogen and oxygen atoms in total. The maximum absolute atomic E-state index is 11.1. The van der Waals surface area contributed by atoms with E-state index in [9.17, 15) is 4.79 Å². The topological polar surface area (TPSA) is 80.0 Å². The Morgan fingerprint density at radius 1 is 1.47 bits per heavy atom. The van der Waals surface area contributed by atoms with E-state index in [1.54, 1.807) is 4.68 Å². The molecule has 1 aromatic carbocycles. The second kappa shape index (κ2) is 4.75. The van der Waals surface area contributed by atoms with E-state index < -0.39 is 5.91 Å². The van der Waals surface area contributed by atoms with Crippen LogP contribution in [0.15, 0.2) is 30.5 Å². The second-order valence-corrected chi connectivity index (χ2v) is 3.67. The number of hydroxylamine groups is 1. The lowest BCUT2D eigenvalue weighted by Gasteiger charge is -2.04. The lowest BCUT2D eigenvalue weighted by atomic mass is 10.1. The molecule has 2 aromatic rings. The number of benzene rings is 1. The third kappa shape index (κ3) is 2.48. The first-order chi connectivity index (χ1) is 8.20. The Morgan fingerprint density at radius 2 is 2.24 bits per heavy atom. The number of nitrogens with one attached hydrogen (secondary N) is 1. The Hall–Kier alpha value is -2.21. The van der Waals surface area contributed by atoms with Crippen molar-refractivity contribution in [2.45, 2.75) is 13.5 Å². The van der Waals surface area contributed by atoms with E-state index >= 15 is 0 Å². The summed E-state index contributed by atoms with van der Waals surface area (Å²) in [5.74, 6) is -0.666. The molecule has 0 bridgehead atoms. The van der Waals surface area contributed by atoms with Gasteiger partial charge in [-0.05, 0) is 18.1 Å². The van der Waals surface area contributed by atoms with Crippen molar-refractivity contribution in [3.63, 3.8) is 0 Å². The summed E-state index contributed by atoms with van der Waals surface area (Å²) in [6.45, 7) is 2.55. The highest BCUT2D eigenvalue weighted by Crippen LogP contribution is 2.08. The van der Waals surface area contributed by atoms with Gasteiger partial charge in [0.1, 0.15) is 0 Å². The fraction of sp³-hybridized carbons (Fsp3) is 0.182. The average Bonchev–Trinajstić information content (AvgIpc) is 2.80. The minimum Gasteiger partial charge on any atom is -0.288 e. The van der Waals surface area contributed by atoms with Gasteiger partial charge in [0, 0.05) is 0 Å². The molecule has 0 spiro atoms. The van der Waals surface area contributed by atoms with E-state index in [0.29, 0.717) is 6.54 Å². The molecule has 88 valence electrons. The van der Waals surface area contributed by atoms with Crippen LogP contribution in [0.25, 0.3) is 0 Å². The van der Waals surface area contributed by atoms with Gasteiger partial charge < -0.3 is 0 Å². The van der Waals surface area contributed by atoms with Crippen LogP contribution in [0, 0.1) is 6.92 Å². The Morgan fingerprint density at radius 3 is 2.94 bits per heavy atom. The van der Waals surface area contributed by atoms with Gasteiger partial charge in [0.15, 0.2) is 5.69 Å². The summed E-state index contributed by atoms with van der Waals surface area (Å²) in [5, 5.41) is 15.9. The zero-order valence-corrected chi connectivity index (χ0v) is 9.29. The third-order valence-electron chi connectivity index (χ3n) is 2.47. The molecule has 0 fully saturated rings. The molecule has 17 heavy (non-hydrogen) atoms. The van der Waals surface area contributed by atoms with Gasteiger partial charge in [-0.2, -0.15) is 0 Å². The van der Waals surface area contributed by atoms with E-state index in [1.807, 2.05) is 31.2 Å². The van der Waals surface area contributed by atoms with Crippen LogP contribution in [0.1, 0.15) is 21.6 Å². The highest BCUT2D eigenvalue weighted by Gasteiger charge is 2.09. The molecular formula is C11H12N4O2. The smallest absolute Gasteiger partial charge is 0.288 e. The van der Waals surface area contributed by atoms with Crippen LogP contribution in [0.4, 0.5) is 0 Å². The van der Waals surface area contributed by atoms with Crippen LogP contribution < -0.4 is 5.48 Å². The monoisotopic (exact) mass is 232 g/mol. The van der Waals surface area contributed by atoms with Crippen molar-refractivity contribution in [3.05, 3.63) is 47.3 Å². The van der Waals surface area contributed by atoms with Crippen LogP contribution >= 0.6 is 0 Å². The van der Waals surface area contributed by atoms with Gasteiger partial charge in [-0.15, -0.1) is 5.10 Å². The molecule has 1 aromatic heterocycles. The maximum Gasteiger partial charge on any atom is 0.296 e. The van der Waals surface area contributed by atoms with Gasteiger partial charge in [-0.1, -0.05) is 29.5 Å². The van der Waals surface area contributed by atoms with E-state index in [0.717, 1.165) is 11.1 Å². The standard InChI is InChI=1S/C11H12N4O2/c1-8-4-2-3-5-9(8)6-15-7-10(12-14-15)11(16)13-17/h2-5,7,17H,6H2,1H3,(H,13,16). The largest absolute Gasteiger partial charge is 0.296 e. The summed E-state index contributed by atoms with van der Waals surface area (Å²) < 4.78 is 1.55. The van der Waals surface area contributed by atoms with Crippen molar-refractivity contribution in [1.29, 1.82) is 0 Å². The number of rotatable bonds is 3. The van der Waals surface area contributed by atoms with E-state index in [-0.39, 0.29) is 5.69 Å². The minimum atomic E-state index is -0.666. The Balaban J connectivity index is 2.17. The van der Waals surface area contributed by atoms with Gasteiger partial charge in [0.05, 0.1) is 12.7 Å². The highest BCUT2D eigenvalue weighted by atomic mass is 16.5. The number of hydrogen-bond donors (Lipinski definition) is 2. The molecule has 0 saturated carbocycles. The van der Waals surface area contributed by atoms with E-state index in [1.165, 1.54) is 11.7 Å². The summed E-state index contributed by atoms with van der Waals surface area (Å²) in [4.78, 5) is 11.1. The first-order valence-electron chi connectivity index (χ1n) is 5.10. The van der Waals surface area contributed by atoms with Crippen LogP contribution in [-0.2, 0) is 6.54 Å². The molecule has 0 aliphatic carbocycles. The normalized spacial score (nSPS) is 10.2. The van der Waals surface area contributed by atoms with Crippen molar-refractivity contribution < 1.29 is 10.0 Å². The number of carbonyl (C=O) groups excluding carboxylic acids is 1. The third-order valence-corrected chi connectivity index (χ3v) is 2.47. The number of aryl methyl sites for hydroxylation is 1. The van der Waals surface area contributed by atoms with Gasteiger partial charge in [0.25, 0.3) is 5.91 Å². The summed E-state index contributed by atoms with van der Waals surface area (Å²) in [5.41, 5.74) is 3.85. The zero-order valence-electron chi connectivity index (χ0n) is 9.29. The number of amides is 1. The minimum absolute atomic E-state index is 0.0843. The van der Waals surface area contributed by atoms with Crippen molar-refractivity contribution >= 4 is 5.91 Å². The predicted molar refractivity (Wildman–Crippen MR) is 59.6 cm³/mol. The Bertz CT molecular complexity index is 536. The number of aromatic nitrogens is 3.